The van der Waals surface area contributed by atoms with Gasteiger partial charge in [0.15, 0.2) is 0 Å². The molecule has 4 nitrogen and oxygen atoms in total. The van der Waals surface area contributed by atoms with Crippen molar-refractivity contribution in [2.45, 2.75) is 38.6 Å². The number of carbonyl (C=O) groups excluding carboxylic acids is 2. The molecule has 19 heavy (non-hydrogen) atoms. The van der Waals surface area contributed by atoms with E-state index in [0.717, 1.165) is 0 Å². The molecule has 4 heteroatoms. The van der Waals surface area contributed by atoms with Crippen molar-refractivity contribution in [3.8, 4) is 0 Å². The monoisotopic (exact) mass is 260 g/mol. The molecule has 1 aliphatic heterocycles. The third kappa shape index (κ3) is 3.34. The molecule has 2 N–H and O–H groups in total. The Balaban J connectivity index is 2.02. The van der Waals surface area contributed by atoms with Gasteiger partial charge in [-0.15, -0.1) is 0 Å². The molecule has 1 aliphatic rings. The van der Waals surface area contributed by atoms with E-state index >= 15 is 0 Å². The lowest BCUT2D eigenvalue weighted by atomic mass is 9.86. The summed E-state index contributed by atoms with van der Waals surface area (Å²) in [7, 11) is 0. The van der Waals surface area contributed by atoms with Crippen molar-refractivity contribution in [3.63, 3.8) is 0 Å². The zero-order chi connectivity index (χ0) is 14.0. The van der Waals surface area contributed by atoms with Crippen LogP contribution in [0.5, 0.6) is 0 Å². The van der Waals surface area contributed by atoms with Crippen molar-refractivity contribution >= 4 is 11.8 Å². The quantitative estimate of drug-likeness (QED) is 0.848. The minimum absolute atomic E-state index is 0.00613. The van der Waals surface area contributed by atoms with Crippen molar-refractivity contribution in [2.24, 2.45) is 0 Å². The molecule has 0 unspecified atom stereocenters. The standard InChI is InChI=1S/C15H20N2O2/c1-15(2,3)11-6-4-10(5-7-11)14(19)17-12-8-13(18)16-9-12/h4-7,12H,8-9H2,1-3H3,(H,16,18)(H,17,19)/t12-/m1/s1. The van der Waals surface area contributed by atoms with E-state index in [-0.39, 0.29) is 23.3 Å². The zero-order valence-corrected chi connectivity index (χ0v) is 11.6. The van der Waals surface area contributed by atoms with Gasteiger partial charge >= 0.3 is 0 Å². The number of benzene rings is 1. The van der Waals surface area contributed by atoms with E-state index in [1.54, 1.807) is 0 Å². The SMILES string of the molecule is CC(C)(C)c1ccc(C(=O)N[C@H]2CNC(=O)C2)cc1. The molecule has 0 aromatic heterocycles. The van der Waals surface area contributed by atoms with Crippen molar-refractivity contribution in [2.75, 3.05) is 6.54 Å². The maximum Gasteiger partial charge on any atom is 0.251 e. The Hall–Kier alpha value is -1.84. The molecule has 0 saturated carbocycles. The number of carbonyl (C=O) groups is 2. The molecule has 2 amide bonds. The summed E-state index contributed by atoms with van der Waals surface area (Å²) in [5.74, 6) is -0.129. The van der Waals surface area contributed by atoms with E-state index in [1.807, 2.05) is 24.3 Å². The Morgan fingerprint density at radius 3 is 2.37 bits per heavy atom. The van der Waals surface area contributed by atoms with E-state index in [4.69, 9.17) is 0 Å². The van der Waals surface area contributed by atoms with E-state index in [1.165, 1.54) is 5.56 Å². The molecule has 1 fully saturated rings. The van der Waals surface area contributed by atoms with Gasteiger partial charge in [0.05, 0.1) is 6.04 Å². The van der Waals surface area contributed by atoms with E-state index in [0.29, 0.717) is 18.5 Å². The predicted octanol–water partition coefficient (Wildman–Crippen LogP) is 1.60. The summed E-state index contributed by atoms with van der Waals surface area (Å²) in [6.07, 6.45) is 0.367. The first-order valence-electron chi connectivity index (χ1n) is 6.54. The van der Waals surface area contributed by atoms with E-state index in [2.05, 4.69) is 31.4 Å². The summed E-state index contributed by atoms with van der Waals surface area (Å²) in [4.78, 5) is 23.1. The molecule has 102 valence electrons. The van der Waals surface area contributed by atoms with Crippen molar-refractivity contribution in [3.05, 3.63) is 35.4 Å². The molecular weight excluding hydrogens is 240 g/mol. The van der Waals surface area contributed by atoms with Crippen molar-refractivity contribution in [1.82, 2.24) is 10.6 Å². The van der Waals surface area contributed by atoms with Gasteiger partial charge in [-0.25, -0.2) is 0 Å². The van der Waals surface area contributed by atoms with Crippen LogP contribution in [0.2, 0.25) is 0 Å². The van der Waals surface area contributed by atoms with Crippen molar-refractivity contribution < 1.29 is 9.59 Å². The van der Waals surface area contributed by atoms with Crippen LogP contribution in [0, 0.1) is 0 Å². The Morgan fingerprint density at radius 2 is 1.89 bits per heavy atom. The van der Waals surface area contributed by atoms with Crippen LogP contribution in [0.25, 0.3) is 0 Å². The van der Waals surface area contributed by atoms with Crippen LogP contribution in [-0.2, 0) is 10.2 Å². The molecule has 1 aromatic carbocycles. The van der Waals surface area contributed by atoms with Gasteiger partial charge in [-0.1, -0.05) is 32.9 Å². The molecule has 0 radical (unpaired) electrons. The van der Waals surface area contributed by atoms with Gasteiger partial charge in [0, 0.05) is 18.5 Å². The summed E-state index contributed by atoms with van der Waals surface area (Å²) < 4.78 is 0. The molecule has 1 atom stereocenters. The first kappa shape index (κ1) is 13.6. The van der Waals surface area contributed by atoms with E-state index < -0.39 is 0 Å². The molecule has 1 saturated heterocycles. The van der Waals surface area contributed by atoms with Crippen LogP contribution < -0.4 is 10.6 Å². The van der Waals surface area contributed by atoms with Crippen molar-refractivity contribution in [1.29, 1.82) is 0 Å². The number of amides is 2. The summed E-state index contributed by atoms with van der Waals surface area (Å²) in [5, 5.41) is 5.56. The highest BCUT2D eigenvalue weighted by Crippen LogP contribution is 2.22. The first-order valence-corrected chi connectivity index (χ1v) is 6.54. The highest BCUT2D eigenvalue weighted by molar-refractivity contribution is 5.95. The lowest BCUT2D eigenvalue weighted by Crippen LogP contribution is -2.36. The fourth-order valence-corrected chi connectivity index (χ4v) is 2.10. The highest BCUT2D eigenvalue weighted by Gasteiger charge is 2.23. The third-order valence-corrected chi connectivity index (χ3v) is 3.33. The van der Waals surface area contributed by atoms with Gasteiger partial charge in [-0.2, -0.15) is 0 Å². The maximum absolute atomic E-state index is 12.0. The Bertz CT molecular complexity index is 486. The third-order valence-electron chi connectivity index (χ3n) is 3.33. The second kappa shape index (κ2) is 5.03. The normalized spacial score (nSPS) is 19.1. The van der Waals surface area contributed by atoms with Crippen LogP contribution >= 0.6 is 0 Å². The number of hydrogen-bond donors (Lipinski definition) is 2. The van der Waals surface area contributed by atoms with Crippen LogP contribution in [0.3, 0.4) is 0 Å². The summed E-state index contributed by atoms with van der Waals surface area (Å²) >= 11 is 0. The largest absolute Gasteiger partial charge is 0.354 e. The van der Waals surface area contributed by atoms with Gasteiger partial charge in [-0.05, 0) is 23.1 Å². The lowest BCUT2D eigenvalue weighted by molar-refractivity contribution is -0.119. The fraction of sp³-hybridized carbons (Fsp3) is 0.467. The smallest absolute Gasteiger partial charge is 0.251 e. The lowest BCUT2D eigenvalue weighted by Gasteiger charge is -2.19. The molecule has 1 aromatic rings. The summed E-state index contributed by atoms with van der Waals surface area (Å²) in [6.45, 7) is 6.93. The van der Waals surface area contributed by atoms with Gasteiger partial charge in [0.25, 0.3) is 5.91 Å². The van der Waals surface area contributed by atoms with Gasteiger partial charge < -0.3 is 10.6 Å². The van der Waals surface area contributed by atoms with Crippen LogP contribution in [-0.4, -0.2) is 24.4 Å². The molecule has 0 bridgehead atoms. The predicted molar refractivity (Wildman–Crippen MR) is 74.0 cm³/mol. The van der Waals surface area contributed by atoms with Gasteiger partial charge in [-0.3, -0.25) is 9.59 Å². The highest BCUT2D eigenvalue weighted by atomic mass is 16.2. The fourth-order valence-electron chi connectivity index (χ4n) is 2.10. The molecule has 0 aliphatic carbocycles. The number of rotatable bonds is 2. The molecule has 1 heterocycles. The second-order valence-electron chi connectivity index (χ2n) is 6.01. The van der Waals surface area contributed by atoms with Crippen LogP contribution in [0.4, 0.5) is 0 Å². The Kier molecular flexibility index (Phi) is 3.60. The Morgan fingerprint density at radius 1 is 1.26 bits per heavy atom. The number of nitrogens with one attached hydrogen (secondary N) is 2. The minimum atomic E-state index is -0.123. The zero-order valence-electron chi connectivity index (χ0n) is 11.6. The average molecular weight is 260 g/mol. The Labute approximate surface area is 113 Å². The minimum Gasteiger partial charge on any atom is -0.354 e. The summed E-state index contributed by atoms with van der Waals surface area (Å²) in [5.41, 5.74) is 1.91. The second-order valence-corrected chi connectivity index (χ2v) is 6.01. The van der Waals surface area contributed by atoms with E-state index in [9.17, 15) is 9.59 Å². The van der Waals surface area contributed by atoms with Gasteiger partial charge in [0.2, 0.25) is 5.91 Å². The molecule has 0 spiro atoms. The van der Waals surface area contributed by atoms with Gasteiger partial charge in [0.1, 0.15) is 0 Å². The summed E-state index contributed by atoms with van der Waals surface area (Å²) in [6, 6.07) is 7.53. The number of hydrogen-bond acceptors (Lipinski definition) is 2. The topological polar surface area (TPSA) is 58.2 Å². The van der Waals surface area contributed by atoms with Crippen LogP contribution in [0.15, 0.2) is 24.3 Å². The van der Waals surface area contributed by atoms with Crippen LogP contribution in [0.1, 0.15) is 43.1 Å². The molecular formula is C15H20N2O2. The first-order chi connectivity index (χ1) is 8.86. The maximum atomic E-state index is 12.0. The molecule has 2 rings (SSSR count). The average Bonchev–Trinajstić information content (AvgIpc) is 2.74.